The summed E-state index contributed by atoms with van der Waals surface area (Å²) in [7, 11) is 4.01. The highest BCUT2D eigenvalue weighted by atomic mass is 16.5. The number of carbonyl (C=O) groups excluding carboxylic acids is 1. The summed E-state index contributed by atoms with van der Waals surface area (Å²) in [5.74, 6) is 0.953. The van der Waals surface area contributed by atoms with Crippen LogP contribution in [0.2, 0.25) is 0 Å². The standard InChI is InChI=1S/C14H21N3O2/c1-17(2)6-7-19-13-5-3-4-12(8-13)16-14(18)11-9-15-10-11/h3-5,8,11,15H,6-7,9-10H2,1-2H3,(H,16,18). The van der Waals surface area contributed by atoms with Crippen LogP contribution in [0.4, 0.5) is 5.69 Å². The molecular weight excluding hydrogens is 242 g/mol. The lowest BCUT2D eigenvalue weighted by Gasteiger charge is -2.25. The molecule has 0 atom stereocenters. The summed E-state index contributed by atoms with van der Waals surface area (Å²) in [5, 5.41) is 6.00. The van der Waals surface area contributed by atoms with Crippen LogP contribution in [0.5, 0.6) is 5.75 Å². The lowest BCUT2D eigenvalue weighted by Crippen LogP contribution is -2.48. The molecule has 1 amide bonds. The van der Waals surface area contributed by atoms with Crippen molar-refractivity contribution in [2.75, 3.05) is 45.7 Å². The van der Waals surface area contributed by atoms with E-state index in [1.807, 2.05) is 38.4 Å². The number of hydrogen-bond donors (Lipinski definition) is 2. The number of hydrogen-bond acceptors (Lipinski definition) is 4. The van der Waals surface area contributed by atoms with Crippen molar-refractivity contribution in [2.24, 2.45) is 5.92 Å². The van der Waals surface area contributed by atoms with Gasteiger partial charge in [0.15, 0.2) is 0 Å². The maximum atomic E-state index is 11.8. The van der Waals surface area contributed by atoms with Crippen LogP contribution in [0.1, 0.15) is 0 Å². The molecule has 2 rings (SSSR count). The monoisotopic (exact) mass is 263 g/mol. The SMILES string of the molecule is CN(C)CCOc1cccc(NC(=O)C2CNC2)c1. The van der Waals surface area contributed by atoms with Crippen LogP contribution in [-0.2, 0) is 4.79 Å². The van der Waals surface area contributed by atoms with Gasteiger partial charge in [-0.2, -0.15) is 0 Å². The Kier molecular flexibility index (Phi) is 4.76. The second-order valence-electron chi connectivity index (χ2n) is 5.02. The first-order valence-electron chi connectivity index (χ1n) is 6.54. The van der Waals surface area contributed by atoms with E-state index in [1.165, 1.54) is 0 Å². The molecule has 0 unspecified atom stereocenters. The van der Waals surface area contributed by atoms with Crippen LogP contribution >= 0.6 is 0 Å². The third-order valence-corrected chi connectivity index (χ3v) is 3.06. The number of amides is 1. The van der Waals surface area contributed by atoms with Crippen molar-refractivity contribution in [1.29, 1.82) is 0 Å². The Bertz CT molecular complexity index is 430. The Morgan fingerprint density at radius 2 is 2.26 bits per heavy atom. The second kappa shape index (κ2) is 6.54. The molecule has 0 spiro atoms. The quantitative estimate of drug-likeness (QED) is 0.796. The topological polar surface area (TPSA) is 53.6 Å². The van der Waals surface area contributed by atoms with E-state index in [9.17, 15) is 4.79 Å². The molecule has 5 nitrogen and oxygen atoms in total. The molecule has 1 aromatic carbocycles. The minimum absolute atomic E-state index is 0.0733. The van der Waals surface area contributed by atoms with Crippen molar-refractivity contribution >= 4 is 11.6 Å². The highest BCUT2D eigenvalue weighted by Crippen LogP contribution is 2.18. The Hall–Kier alpha value is -1.59. The average Bonchev–Trinajstić information content (AvgIpc) is 2.26. The molecule has 0 radical (unpaired) electrons. The molecule has 104 valence electrons. The summed E-state index contributed by atoms with van der Waals surface area (Å²) < 4.78 is 5.63. The number of nitrogens with zero attached hydrogens (tertiary/aromatic N) is 1. The number of carbonyl (C=O) groups is 1. The number of benzene rings is 1. The van der Waals surface area contributed by atoms with Crippen LogP contribution in [0.25, 0.3) is 0 Å². The van der Waals surface area contributed by atoms with Crippen LogP contribution in [0.15, 0.2) is 24.3 Å². The molecule has 1 aliphatic heterocycles. The zero-order valence-corrected chi connectivity index (χ0v) is 11.5. The highest BCUT2D eigenvalue weighted by molar-refractivity contribution is 5.93. The molecule has 1 aliphatic rings. The van der Waals surface area contributed by atoms with Gasteiger partial charge in [0.1, 0.15) is 12.4 Å². The van der Waals surface area contributed by atoms with E-state index in [0.29, 0.717) is 6.61 Å². The first-order chi connectivity index (χ1) is 9.15. The maximum Gasteiger partial charge on any atom is 0.230 e. The maximum absolute atomic E-state index is 11.8. The van der Waals surface area contributed by atoms with E-state index in [1.54, 1.807) is 0 Å². The highest BCUT2D eigenvalue weighted by Gasteiger charge is 2.24. The third-order valence-electron chi connectivity index (χ3n) is 3.06. The van der Waals surface area contributed by atoms with Crippen molar-refractivity contribution < 1.29 is 9.53 Å². The van der Waals surface area contributed by atoms with Crippen molar-refractivity contribution in [3.05, 3.63) is 24.3 Å². The number of rotatable bonds is 6. The fraction of sp³-hybridized carbons (Fsp3) is 0.500. The van der Waals surface area contributed by atoms with Gasteiger partial charge in [-0.15, -0.1) is 0 Å². The number of anilines is 1. The van der Waals surface area contributed by atoms with Crippen molar-refractivity contribution in [3.63, 3.8) is 0 Å². The number of ether oxygens (including phenoxy) is 1. The van der Waals surface area contributed by atoms with Gasteiger partial charge in [0.2, 0.25) is 5.91 Å². The zero-order chi connectivity index (χ0) is 13.7. The van der Waals surface area contributed by atoms with Gasteiger partial charge in [-0.25, -0.2) is 0 Å². The Labute approximate surface area is 113 Å². The second-order valence-corrected chi connectivity index (χ2v) is 5.02. The third kappa shape index (κ3) is 4.22. The van der Waals surface area contributed by atoms with Gasteiger partial charge in [0, 0.05) is 31.4 Å². The van der Waals surface area contributed by atoms with Gasteiger partial charge in [0.05, 0.1) is 5.92 Å². The van der Waals surface area contributed by atoms with Gasteiger partial charge >= 0.3 is 0 Å². The van der Waals surface area contributed by atoms with Crippen molar-refractivity contribution in [2.45, 2.75) is 0 Å². The molecular formula is C14H21N3O2. The summed E-state index contributed by atoms with van der Waals surface area (Å²) in [6.45, 7) is 3.04. The number of likely N-dealkylation sites (N-methyl/N-ethyl adjacent to an activating group) is 1. The fourth-order valence-electron chi connectivity index (χ4n) is 1.73. The molecule has 0 saturated carbocycles. The predicted octanol–water partition coefficient (Wildman–Crippen LogP) is 0.785. The van der Waals surface area contributed by atoms with E-state index in [0.717, 1.165) is 31.1 Å². The van der Waals surface area contributed by atoms with Gasteiger partial charge in [-0.1, -0.05) is 6.07 Å². The van der Waals surface area contributed by atoms with Crippen LogP contribution in [-0.4, -0.2) is 51.1 Å². The Balaban J connectivity index is 1.85. The predicted molar refractivity (Wildman–Crippen MR) is 75.5 cm³/mol. The van der Waals surface area contributed by atoms with E-state index >= 15 is 0 Å². The molecule has 19 heavy (non-hydrogen) atoms. The van der Waals surface area contributed by atoms with E-state index < -0.39 is 0 Å². The first kappa shape index (κ1) is 13.8. The lowest BCUT2D eigenvalue weighted by molar-refractivity contribution is -0.121. The van der Waals surface area contributed by atoms with Crippen molar-refractivity contribution in [1.82, 2.24) is 10.2 Å². The molecule has 1 aromatic rings. The first-order valence-corrected chi connectivity index (χ1v) is 6.54. The van der Waals surface area contributed by atoms with Gasteiger partial charge in [-0.3, -0.25) is 4.79 Å². The molecule has 1 saturated heterocycles. The zero-order valence-electron chi connectivity index (χ0n) is 11.5. The molecule has 2 N–H and O–H groups in total. The largest absolute Gasteiger partial charge is 0.492 e. The van der Waals surface area contributed by atoms with Gasteiger partial charge in [0.25, 0.3) is 0 Å². The summed E-state index contributed by atoms with van der Waals surface area (Å²) in [4.78, 5) is 13.9. The molecule has 0 aromatic heterocycles. The summed E-state index contributed by atoms with van der Waals surface area (Å²) in [6.07, 6.45) is 0. The van der Waals surface area contributed by atoms with E-state index in [-0.39, 0.29) is 11.8 Å². The average molecular weight is 263 g/mol. The van der Waals surface area contributed by atoms with Crippen molar-refractivity contribution in [3.8, 4) is 5.75 Å². The Morgan fingerprint density at radius 3 is 2.89 bits per heavy atom. The van der Waals surface area contributed by atoms with Crippen LogP contribution in [0, 0.1) is 5.92 Å². The van der Waals surface area contributed by atoms with Gasteiger partial charge in [-0.05, 0) is 26.2 Å². The summed E-state index contributed by atoms with van der Waals surface area (Å²) in [6, 6.07) is 7.53. The van der Waals surface area contributed by atoms with Crippen LogP contribution < -0.4 is 15.4 Å². The minimum Gasteiger partial charge on any atom is -0.492 e. The Morgan fingerprint density at radius 1 is 1.47 bits per heavy atom. The summed E-state index contributed by atoms with van der Waals surface area (Å²) in [5.41, 5.74) is 0.791. The molecule has 5 heteroatoms. The molecule has 1 fully saturated rings. The van der Waals surface area contributed by atoms with Gasteiger partial charge < -0.3 is 20.3 Å². The minimum atomic E-state index is 0.0733. The van der Waals surface area contributed by atoms with E-state index in [4.69, 9.17) is 4.74 Å². The molecule has 1 heterocycles. The number of nitrogens with one attached hydrogen (secondary N) is 2. The normalized spacial score (nSPS) is 15.1. The van der Waals surface area contributed by atoms with Crippen LogP contribution in [0.3, 0.4) is 0 Å². The fourth-order valence-corrected chi connectivity index (χ4v) is 1.73. The smallest absolute Gasteiger partial charge is 0.230 e. The van der Waals surface area contributed by atoms with E-state index in [2.05, 4.69) is 15.5 Å². The molecule has 0 bridgehead atoms. The molecule has 0 aliphatic carbocycles. The lowest BCUT2D eigenvalue weighted by atomic mass is 10.0. The summed E-state index contributed by atoms with van der Waals surface area (Å²) >= 11 is 0.